The van der Waals surface area contributed by atoms with Crippen molar-refractivity contribution < 1.29 is 9.53 Å². The molecule has 15 heavy (non-hydrogen) atoms. The molecular weight excluding hydrogens is 192 g/mol. The Hall–Kier alpha value is -0.610. The topological polar surface area (TPSA) is 64.3 Å². The van der Waals surface area contributed by atoms with Gasteiger partial charge in [-0.3, -0.25) is 4.79 Å². The van der Waals surface area contributed by atoms with E-state index in [0.29, 0.717) is 13.2 Å². The molecule has 4 heteroatoms. The SMILES string of the molecule is CCOC(C)CNC(=O)C1CCC(N)C1. The number of rotatable bonds is 5. The molecule has 0 aromatic heterocycles. The lowest BCUT2D eigenvalue weighted by atomic mass is 10.1. The highest BCUT2D eigenvalue weighted by Gasteiger charge is 2.27. The van der Waals surface area contributed by atoms with Gasteiger partial charge >= 0.3 is 0 Å². The van der Waals surface area contributed by atoms with Crippen molar-refractivity contribution in [3.05, 3.63) is 0 Å². The van der Waals surface area contributed by atoms with Gasteiger partial charge in [0.2, 0.25) is 5.91 Å². The van der Waals surface area contributed by atoms with E-state index in [4.69, 9.17) is 10.5 Å². The fraction of sp³-hybridized carbons (Fsp3) is 0.909. The Morgan fingerprint density at radius 3 is 2.87 bits per heavy atom. The molecule has 1 fully saturated rings. The lowest BCUT2D eigenvalue weighted by Gasteiger charge is -2.15. The highest BCUT2D eigenvalue weighted by atomic mass is 16.5. The molecule has 0 aliphatic heterocycles. The molecule has 0 aromatic carbocycles. The van der Waals surface area contributed by atoms with Crippen LogP contribution in [0.15, 0.2) is 0 Å². The van der Waals surface area contributed by atoms with Gasteiger partial charge in [0, 0.05) is 25.1 Å². The Morgan fingerprint density at radius 1 is 1.60 bits per heavy atom. The maximum absolute atomic E-state index is 11.7. The summed E-state index contributed by atoms with van der Waals surface area (Å²) < 4.78 is 5.34. The number of ether oxygens (including phenoxy) is 1. The standard InChI is InChI=1S/C11H22N2O2/c1-3-15-8(2)7-13-11(14)9-4-5-10(12)6-9/h8-10H,3-7,12H2,1-2H3,(H,13,14). The zero-order chi connectivity index (χ0) is 11.3. The van der Waals surface area contributed by atoms with E-state index in [-0.39, 0.29) is 24.0 Å². The quantitative estimate of drug-likeness (QED) is 0.706. The van der Waals surface area contributed by atoms with E-state index in [1.165, 1.54) is 0 Å². The molecule has 4 nitrogen and oxygen atoms in total. The fourth-order valence-corrected chi connectivity index (χ4v) is 1.99. The van der Waals surface area contributed by atoms with Crippen LogP contribution in [0.25, 0.3) is 0 Å². The Bertz CT molecular complexity index is 209. The highest BCUT2D eigenvalue weighted by molar-refractivity contribution is 5.79. The summed E-state index contributed by atoms with van der Waals surface area (Å²) in [5.74, 6) is 0.253. The molecule has 88 valence electrons. The van der Waals surface area contributed by atoms with E-state index >= 15 is 0 Å². The number of hydrogen-bond acceptors (Lipinski definition) is 3. The van der Waals surface area contributed by atoms with Crippen LogP contribution < -0.4 is 11.1 Å². The molecule has 0 radical (unpaired) electrons. The Kier molecular flexibility index (Phi) is 5.05. The average Bonchev–Trinajstić information content (AvgIpc) is 2.62. The van der Waals surface area contributed by atoms with E-state index in [1.807, 2.05) is 13.8 Å². The predicted molar refractivity (Wildman–Crippen MR) is 59.4 cm³/mol. The number of hydrogen-bond donors (Lipinski definition) is 2. The third-order valence-electron chi connectivity index (χ3n) is 2.86. The van der Waals surface area contributed by atoms with Crippen LogP contribution >= 0.6 is 0 Å². The smallest absolute Gasteiger partial charge is 0.223 e. The third kappa shape index (κ3) is 4.18. The first-order chi connectivity index (χ1) is 7.13. The molecular formula is C11H22N2O2. The molecule has 0 heterocycles. The lowest BCUT2D eigenvalue weighted by molar-refractivity contribution is -0.125. The molecule has 1 rings (SSSR count). The van der Waals surface area contributed by atoms with E-state index in [1.54, 1.807) is 0 Å². The zero-order valence-electron chi connectivity index (χ0n) is 9.66. The Labute approximate surface area is 91.5 Å². The minimum atomic E-state index is 0.0917. The van der Waals surface area contributed by atoms with Crippen molar-refractivity contribution in [1.29, 1.82) is 0 Å². The van der Waals surface area contributed by atoms with Gasteiger partial charge in [-0.15, -0.1) is 0 Å². The van der Waals surface area contributed by atoms with Gasteiger partial charge < -0.3 is 15.8 Å². The average molecular weight is 214 g/mol. The first-order valence-electron chi connectivity index (χ1n) is 5.78. The number of nitrogens with two attached hydrogens (primary N) is 1. The van der Waals surface area contributed by atoms with Crippen LogP contribution in [0.3, 0.4) is 0 Å². The Morgan fingerprint density at radius 2 is 2.33 bits per heavy atom. The fourth-order valence-electron chi connectivity index (χ4n) is 1.99. The van der Waals surface area contributed by atoms with Gasteiger partial charge in [0.1, 0.15) is 0 Å². The maximum Gasteiger partial charge on any atom is 0.223 e. The summed E-state index contributed by atoms with van der Waals surface area (Å²) in [6.45, 7) is 5.20. The van der Waals surface area contributed by atoms with Crippen molar-refractivity contribution in [2.75, 3.05) is 13.2 Å². The van der Waals surface area contributed by atoms with Crippen molar-refractivity contribution in [2.45, 2.75) is 45.3 Å². The normalized spacial score (nSPS) is 27.7. The van der Waals surface area contributed by atoms with Gasteiger partial charge in [-0.2, -0.15) is 0 Å². The minimum absolute atomic E-state index is 0.0917. The first kappa shape index (κ1) is 12.5. The van der Waals surface area contributed by atoms with E-state index in [9.17, 15) is 4.79 Å². The largest absolute Gasteiger partial charge is 0.377 e. The number of nitrogens with one attached hydrogen (secondary N) is 1. The molecule has 0 spiro atoms. The molecule has 1 aliphatic carbocycles. The van der Waals surface area contributed by atoms with Gasteiger partial charge in [0.05, 0.1) is 6.10 Å². The summed E-state index contributed by atoms with van der Waals surface area (Å²) in [4.78, 5) is 11.7. The lowest BCUT2D eigenvalue weighted by Crippen LogP contribution is -2.36. The number of carbonyl (C=O) groups is 1. The molecule has 3 unspecified atom stereocenters. The van der Waals surface area contributed by atoms with Crippen LogP contribution in [0, 0.1) is 5.92 Å². The molecule has 1 aliphatic rings. The monoisotopic (exact) mass is 214 g/mol. The van der Waals surface area contributed by atoms with Crippen LogP contribution in [0.1, 0.15) is 33.1 Å². The summed E-state index contributed by atoms with van der Waals surface area (Å²) in [5, 5.41) is 2.91. The van der Waals surface area contributed by atoms with Gasteiger partial charge in [0.25, 0.3) is 0 Å². The van der Waals surface area contributed by atoms with Crippen molar-refractivity contribution in [1.82, 2.24) is 5.32 Å². The molecule has 1 saturated carbocycles. The minimum Gasteiger partial charge on any atom is -0.377 e. The highest BCUT2D eigenvalue weighted by Crippen LogP contribution is 2.23. The zero-order valence-corrected chi connectivity index (χ0v) is 9.66. The van der Waals surface area contributed by atoms with Crippen LogP contribution in [0.5, 0.6) is 0 Å². The molecule has 1 amide bonds. The predicted octanol–water partition coefficient (Wildman–Crippen LogP) is 0.655. The van der Waals surface area contributed by atoms with E-state index in [0.717, 1.165) is 19.3 Å². The summed E-state index contributed by atoms with van der Waals surface area (Å²) in [5.41, 5.74) is 5.76. The second-order valence-electron chi connectivity index (χ2n) is 4.28. The van der Waals surface area contributed by atoms with E-state index < -0.39 is 0 Å². The summed E-state index contributed by atoms with van der Waals surface area (Å²) in [6.07, 6.45) is 2.82. The van der Waals surface area contributed by atoms with Crippen LogP contribution in [0.4, 0.5) is 0 Å². The maximum atomic E-state index is 11.7. The van der Waals surface area contributed by atoms with Gasteiger partial charge in [-0.05, 0) is 33.1 Å². The third-order valence-corrected chi connectivity index (χ3v) is 2.86. The van der Waals surface area contributed by atoms with Gasteiger partial charge in [-0.25, -0.2) is 0 Å². The van der Waals surface area contributed by atoms with Crippen molar-refractivity contribution >= 4 is 5.91 Å². The number of amides is 1. The second kappa shape index (κ2) is 6.08. The first-order valence-corrected chi connectivity index (χ1v) is 5.78. The molecule has 0 bridgehead atoms. The van der Waals surface area contributed by atoms with E-state index in [2.05, 4.69) is 5.32 Å². The molecule has 0 saturated heterocycles. The summed E-state index contributed by atoms with van der Waals surface area (Å²) in [7, 11) is 0. The molecule has 3 atom stereocenters. The van der Waals surface area contributed by atoms with Gasteiger partial charge in [-0.1, -0.05) is 0 Å². The van der Waals surface area contributed by atoms with Crippen molar-refractivity contribution in [3.8, 4) is 0 Å². The van der Waals surface area contributed by atoms with Gasteiger partial charge in [0.15, 0.2) is 0 Å². The molecule has 0 aromatic rings. The van der Waals surface area contributed by atoms with Crippen LogP contribution in [-0.2, 0) is 9.53 Å². The number of carbonyl (C=O) groups excluding carboxylic acids is 1. The van der Waals surface area contributed by atoms with Crippen LogP contribution in [0.2, 0.25) is 0 Å². The Balaban J connectivity index is 2.18. The van der Waals surface area contributed by atoms with Crippen molar-refractivity contribution in [3.63, 3.8) is 0 Å². The summed E-state index contributed by atoms with van der Waals surface area (Å²) >= 11 is 0. The molecule has 3 N–H and O–H groups in total. The van der Waals surface area contributed by atoms with Crippen molar-refractivity contribution in [2.24, 2.45) is 11.7 Å². The van der Waals surface area contributed by atoms with Crippen LogP contribution in [-0.4, -0.2) is 31.2 Å². The second-order valence-corrected chi connectivity index (χ2v) is 4.28. The summed E-state index contributed by atoms with van der Waals surface area (Å²) in [6, 6.07) is 0.213.